The molecule has 29 heavy (non-hydrogen) atoms. The van der Waals surface area contributed by atoms with Gasteiger partial charge in [0, 0.05) is 37.3 Å². The lowest BCUT2D eigenvalue weighted by atomic mass is 10.0. The van der Waals surface area contributed by atoms with E-state index in [0.717, 1.165) is 24.2 Å². The molecule has 1 saturated heterocycles. The van der Waals surface area contributed by atoms with Crippen LogP contribution >= 0.6 is 0 Å². The number of hydrogen-bond donors (Lipinski definition) is 0. The Morgan fingerprint density at radius 1 is 0.966 bits per heavy atom. The van der Waals surface area contributed by atoms with E-state index in [1.54, 1.807) is 0 Å². The molecule has 1 aliphatic heterocycles. The van der Waals surface area contributed by atoms with Crippen LogP contribution in [0.5, 0.6) is 0 Å². The van der Waals surface area contributed by atoms with Gasteiger partial charge >= 0.3 is 0 Å². The molecule has 4 rings (SSSR count). The molecule has 3 aromatic rings. The number of amides is 1. The number of benzene rings is 2. The number of carbonyl (C=O) groups excluding carboxylic acids is 1. The number of carbonyl (C=O) groups is 1. The summed E-state index contributed by atoms with van der Waals surface area (Å²) in [7, 11) is 0. The SMILES string of the molecule is CC(C)c1ccc(C(=O)N2CCN(Cc3nnc(-c4ccccc4)o3)CC2)cc1. The van der Waals surface area contributed by atoms with E-state index in [4.69, 9.17) is 4.42 Å². The lowest BCUT2D eigenvalue weighted by Gasteiger charge is -2.34. The minimum atomic E-state index is 0.101. The minimum absolute atomic E-state index is 0.101. The molecule has 1 fully saturated rings. The first kappa shape index (κ1) is 19.3. The number of hydrogen-bond acceptors (Lipinski definition) is 5. The van der Waals surface area contributed by atoms with Crippen molar-refractivity contribution < 1.29 is 9.21 Å². The molecule has 0 spiro atoms. The molecule has 6 nitrogen and oxygen atoms in total. The second-order valence-electron chi connectivity index (χ2n) is 7.71. The maximum Gasteiger partial charge on any atom is 0.253 e. The first-order chi connectivity index (χ1) is 14.1. The van der Waals surface area contributed by atoms with E-state index in [1.807, 2.05) is 59.5 Å². The first-order valence-electron chi connectivity index (χ1n) is 10.1. The van der Waals surface area contributed by atoms with Gasteiger partial charge in [-0.25, -0.2) is 0 Å². The van der Waals surface area contributed by atoms with Crippen molar-refractivity contribution in [3.05, 3.63) is 71.6 Å². The van der Waals surface area contributed by atoms with Crippen LogP contribution < -0.4 is 0 Å². The fraction of sp³-hybridized carbons (Fsp3) is 0.348. The van der Waals surface area contributed by atoms with Crippen LogP contribution in [0.2, 0.25) is 0 Å². The Labute approximate surface area is 171 Å². The van der Waals surface area contributed by atoms with Gasteiger partial charge in [0.1, 0.15) is 0 Å². The molecule has 2 heterocycles. The Morgan fingerprint density at radius 3 is 2.31 bits per heavy atom. The molecule has 1 aromatic heterocycles. The van der Waals surface area contributed by atoms with Gasteiger partial charge in [-0.3, -0.25) is 9.69 Å². The van der Waals surface area contributed by atoms with E-state index in [0.29, 0.717) is 37.3 Å². The van der Waals surface area contributed by atoms with E-state index < -0.39 is 0 Å². The van der Waals surface area contributed by atoms with Gasteiger partial charge in [0.05, 0.1) is 6.54 Å². The highest BCUT2D eigenvalue weighted by Gasteiger charge is 2.23. The summed E-state index contributed by atoms with van der Waals surface area (Å²) in [6.07, 6.45) is 0. The molecule has 0 atom stereocenters. The van der Waals surface area contributed by atoms with Crippen molar-refractivity contribution in [3.8, 4) is 11.5 Å². The van der Waals surface area contributed by atoms with Gasteiger partial charge in [0.2, 0.25) is 11.8 Å². The zero-order valence-electron chi connectivity index (χ0n) is 16.9. The summed E-state index contributed by atoms with van der Waals surface area (Å²) in [5.41, 5.74) is 2.93. The number of aromatic nitrogens is 2. The van der Waals surface area contributed by atoms with Crippen LogP contribution in [-0.4, -0.2) is 52.1 Å². The predicted octanol–water partition coefficient (Wildman–Crippen LogP) is 3.82. The summed E-state index contributed by atoms with van der Waals surface area (Å²) in [4.78, 5) is 16.9. The molecule has 0 aliphatic carbocycles. The molecule has 2 aromatic carbocycles. The molecule has 6 heteroatoms. The maximum atomic E-state index is 12.8. The van der Waals surface area contributed by atoms with Crippen molar-refractivity contribution in [2.45, 2.75) is 26.3 Å². The maximum absolute atomic E-state index is 12.8. The Bertz CT molecular complexity index is 943. The van der Waals surface area contributed by atoms with Gasteiger partial charge in [0.25, 0.3) is 5.91 Å². The molecule has 0 unspecified atom stereocenters. The molecule has 0 bridgehead atoms. The highest BCUT2D eigenvalue weighted by atomic mass is 16.4. The molecule has 1 aliphatic rings. The van der Waals surface area contributed by atoms with Crippen LogP contribution in [0.1, 0.15) is 41.6 Å². The molecular formula is C23H26N4O2. The third-order valence-corrected chi connectivity index (χ3v) is 5.33. The number of piperazine rings is 1. The second kappa shape index (κ2) is 8.57. The summed E-state index contributed by atoms with van der Waals surface area (Å²) in [6.45, 7) is 7.89. The van der Waals surface area contributed by atoms with Crippen molar-refractivity contribution in [1.82, 2.24) is 20.0 Å². The normalized spacial score (nSPS) is 15.1. The molecule has 150 valence electrons. The fourth-order valence-corrected chi connectivity index (χ4v) is 3.51. The van der Waals surface area contributed by atoms with Crippen LogP contribution in [0.25, 0.3) is 11.5 Å². The van der Waals surface area contributed by atoms with E-state index in [-0.39, 0.29) is 5.91 Å². The van der Waals surface area contributed by atoms with Crippen LogP contribution in [0.15, 0.2) is 59.0 Å². The third kappa shape index (κ3) is 4.54. The van der Waals surface area contributed by atoms with Gasteiger partial charge in [-0.2, -0.15) is 0 Å². The standard InChI is InChI=1S/C23H26N4O2/c1-17(2)18-8-10-20(11-9-18)23(28)27-14-12-26(13-15-27)16-21-24-25-22(29-21)19-6-4-3-5-7-19/h3-11,17H,12-16H2,1-2H3. The molecule has 0 radical (unpaired) electrons. The van der Waals surface area contributed by atoms with Crippen molar-refractivity contribution in [2.75, 3.05) is 26.2 Å². The van der Waals surface area contributed by atoms with Crippen molar-refractivity contribution >= 4 is 5.91 Å². The van der Waals surface area contributed by atoms with Crippen LogP contribution in [0, 0.1) is 0 Å². The second-order valence-corrected chi connectivity index (χ2v) is 7.71. The Kier molecular flexibility index (Phi) is 5.71. The number of nitrogens with zero attached hydrogens (tertiary/aromatic N) is 4. The summed E-state index contributed by atoms with van der Waals surface area (Å²) >= 11 is 0. The zero-order valence-corrected chi connectivity index (χ0v) is 16.9. The average molecular weight is 390 g/mol. The van der Waals surface area contributed by atoms with Crippen LogP contribution in [0.3, 0.4) is 0 Å². The number of rotatable bonds is 5. The van der Waals surface area contributed by atoms with E-state index in [1.165, 1.54) is 5.56 Å². The van der Waals surface area contributed by atoms with Gasteiger partial charge in [0.15, 0.2) is 0 Å². The minimum Gasteiger partial charge on any atom is -0.419 e. The van der Waals surface area contributed by atoms with Crippen LogP contribution in [0.4, 0.5) is 0 Å². The van der Waals surface area contributed by atoms with Crippen molar-refractivity contribution in [1.29, 1.82) is 0 Å². The quantitative estimate of drug-likeness (QED) is 0.663. The zero-order chi connectivity index (χ0) is 20.2. The van der Waals surface area contributed by atoms with Crippen molar-refractivity contribution in [3.63, 3.8) is 0 Å². The molecule has 1 amide bonds. The van der Waals surface area contributed by atoms with Gasteiger partial charge < -0.3 is 9.32 Å². The molecule has 0 N–H and O–H groups in total. The Morgan fingerprint density at radius 2 is 1.66 bits per heavy atom. The third-order valence-electron chi connectivity index (χ3n) is 5.33. The predicted molar refractivity (Wildman–Crippen MR) is 111 cm³/mol. The summed E-state index contributed by atoms with van der Waals surface area (Å²) in [5.74, 6) is 1.71. The first-order valence-corrected chi connectivity index (χ1v) is 10.1. The molecule has 0 saturated carbocycles. The van der Waals surface area contributed by atoms with Crippen LogP contribution in [-0.2, 0) is 6.54 Å². The monoisotopic (exact) mass is 390 g/mol. The summed E-state index contributed by atoms with van der Waals surface area (Å²) < 4.78 is 5.80. The van der Waals surface area contributed by atoms with Gasteiger partial charge in [-0.1, -0.05) is 44.2 Å². The fourth-order valence-electron chi connectivity index (χ4n) is 3.51. The topological polar surface area (TPSA) is 62.5 Å². The lowest BCUT2D eigenvalue weighted by molar-refractivity contribution is 0.0618. The highest BCUT2D eigenvalue weighted by molar-refractivity contribution is 5.94. The Hall–Kier alpha value is -2.99. The van der Waals surface area contributed by atoms with Gasteiger partial charge in [-0.05, 0) is 35.7 Å². The van der Waals surface area contributed by atoms with E-state index in [9.17, 15) is 4.79 Å². The summed E-state index contributed by atoms with van der Waals surface area (Å²) in [5, 5.41) is 8.32. The Balaban J connectivity index is 1.31. The summed E-state index contributed by atoms with van der Waals surface area (Å²) in [6, 6.07) is 17.7. The van der Waals surface area contributed by atoms with Crippen molar-refractivity contribution in [2.24, 2.45) is 0 Å². The van der Waals surface area contributed by atoms with E-state index in [2.05, 4.69) is 28.9 Å². The van der Waals surface area contributed by atoms with Gasteiger partial charge in [-0.15, -0.1) is 10.2 Å². The lowest BCUT2D eigenvalue weighted by Crippen LogP contribution is -2.48. The highest BCUT2D eigenvalue weighted by Crippen LogP contribution is 2.19. The largest absolute Gasteiger partial charge is 0.419 e. The molecular weight excluding hydrogens is 364 g/mol. The van der Waals surface area contributed by atoms with E-state index >= 15 is 0 Å². The average Bonchev–Trinajstić information content (AvgIpc) is 3.23. The smallest absolute Gasteiger partial charge is 0.253 e.